The molecule has 0 saturated heterocycles. The highest BCUT2D eigenvalue weighted by atomic mass is 16.3. The fourth-order valence-corrected chi connectivity index (χ4v) is 6.52. The first-order valence-corrected chi connectivity index (χ1v) is 15.9. The molecule has 2 heteroatoms. The largest absolute Gasteiger partial charge is 0.455 e. The van der Waals surface area contributed by atoms with Gasteiger partial charge in [-0.05, 0) is 97.4 Å². The summed E-state index contributed by atoms with van der Waals surface area (Å²) in [5, 5.41) is 6.55. The van der Waals surface area contributed by atoms with Crippen molar-refractivity contribution in [2.45, 2.75) is 79.0 Å². The molecule has 7 rings (SSSR count). The van der Waals surface area contributed by atoms with Crippen molar-refractivity contribution in [2.75, 3.05) is 0 Å². The van der Waals surface area contributed by atoms with Crippen molar-refractivity contribution in [1.82, 2.24) is 4.98 Å². The second-order valence-corrected chi connectivity index (χ2v) is 14.8. The minimum Gasteiger partial charge on any atom is -0.455 e. The summed E-state index contributed by atoms with van der Waals surface area (Å²) in [6.45, 7) is 14.9. The number of nitrogens with zero attached hydrogens (tertiary/aromatic N) is 1. The van der Waals surface area contributed by atoms with Crippen LogP contribution in [-0.4, -0.2) is 4.98 Å². The highest BCUT2D eigenvalue weighted by molar-refractivity contribution is 6.21. The van der Waals surface area contributed by atoms with Crippen molar-refractivity contribution in [3.8, 4) is 22.4 Å². The second kappa shape index (κ2) is 10.3. The van der Waals surface area contributed by atoms with E-state index in [2.05, 4.69) is 110 Å². The quantitative estimate of drug-likeness (QED) is 0.190. The first-order chi connectivity index (χ1) is 22.9. The lowest BCUT2D eigenvalue weighted by molar-refractivity contribution is 0.588. The number of aromatic nitrogens is 1. The number of furan rings is 1. The van der Waals surface area contributed by atoms with Crippen LogP contribution in [0.3, 0.4) is 0 Å². The Hall–Kier alpha value is -4.43. The van der Waals surface area contributed by atoms with Crippen LogP contribution in [0.1, 0.15) is 89.0 Å². The van der Waals surface area contributed by atoms with Crippen molar-refractivity contribution in [2.24, 2.45) is 0 Å². The molecule has 0 saturated carbocycles. The predicted molar refractivity (Wildman–Crippen MR) is 194 cm³/mol. The molecule has 5 aromatic carbocycles. The maximum atomic E-state index is 9.20. The molecule has 0 radical (unpaired) electrons. The van der Waals surface area contributed by atoms with E-state index < -0.39 is 6.85 Å². The van der Waals surface area contributed by atoms with E-state index in [1.165, 1.54) is 22.5 Å². The minimum absolute atomic E-state index is 0.0618. The van der Waals surface area contributed by atoms with Crippen LogP contribution in [0.5, 0.6) is 0 Å². The summed E-state index contributed by atoms with van der Waals surface area (Å²) in [7, 11) is 0. The number of hydrogen-bond acceptors (Lipinski definition) is 2. The normalized spacial score (nSPS) is 14.3. The van der Waals surface area contributed by atoms with Gasteiger partial charge in [-0.25, -0.2) is 0 Å². The summed E-state index contributed by atoms with van der Waals surface area (Å²) in [5.41, 5.74) is 7.40. The number of aryl methyl sites for hydroxylation is 1. The zero-order valence-corrected chi connectivity index (χ0v) is 27.5. The number of benzene rings is 5. The van der Waals surface area contributed by atoms with Gasteiger partial charge in [-0.15, -0.1) is 0 Å². The summed E-state index contributed by atoms with van der Waals surface area (Å²) >= 11 is 0. The van der Waals surface area contributed by atoms with Gasteiger partial charge >= 0.3 is 0 Å². The van der Waals surface area contributed by atoms with Gasteiger partial charge < -0.3 is 4.42 Å². The molecule has 0 atom stereocenters. The van der Waals surface area contributed by atoms with Crippen LogP contribution < -0.4 is 0 Å². The van der Waals surface area contributed by atoms with E-state index in [0.29, 0.717) is 28.4 Å². The van der Waals surface area contributed by atoms with Crippen LogP contribution in [-0.2, 0) is 10.8 Å². The molecule has 0 aliphatic rings. The van der Waals surface area contributed by atoms with E-state index in [1.807, 2.05) is 24.3 Å². The summed E-state index contributed by atoms with van der Waals surface area (Å²) in [6, 6.07) is 27.6. The van der Waals surface area contributed by atoms with Gasteiger partial charge in [0.25, 0.3) is 0 Å². The Morgan fingerprint density at radius 3 is 2.07 bits per heavy atom. The average molecular weight is 594 g/mol. The number of para-hydroxylation sites is 1. The topological polar surface area (TPSA) is 26.0 Å². The van der Waals surface area contributed by atoms with Crippen LogP contribution in [0.4, 0.5) is 0 Å². The molecule has 0 spiro atoms. The standard InChI is InChI=1S/C43H43NO/c1-25(2)37-22-29(43(7,8)9)15-18-32(37)38-23-39(44-24-26(38)3)36-12-10-11-33-35-20-19-31-30-17-14-28(42(4,5)6)21-27(30)13-16-34(31)40(35)45-41(33)36/h10-25H,1-9H3/i3D3,18D. The molecular formula is C43H43NO. The van der Waals surface area contributed by atoms with E-state index >= 15 is 0 Å². The molecule has 45 heavy (non-hydrogen) atoms. The van der Waals surface area contributed by atoms with Crippen LogP contribution in [0, 0.1) is 6.85 Å². The number of fused-ring (bicyclic) bond motifs is 7. The summed E-state index contributed by atoms with van der Waals surface area (Å²) in [4.78, 5) is 4.73. The highest BCUT2D eigenvalue weighted by Crippen LogP contribution is 2.42. The van der Waals surface area contributed by atoms with Gasteiger partial charge in [0.05, 0.1) is 7.06 Å². The molecule has 2 aromatic heterocycles. The Morgan fingerprint density at radius 2 is 1.33 bits per heavy atom. The lowest BCUT2D eigenvalue weighted by Crippen LogP contribution is -2.12. The molecular weight excluding hydrogens is 546 g/mol. The zero-order valence-electron chi connectivity index (χ0n) is 31.5. The number of pyridine rings is 1. The third-order valence-electron chi connectivity index (χ3n) is 9.25. The zero-order chi connectivity index (χ0) is 35.2. The Labute approximate surface area is 272 Å². The predicted octanol–water partition coefficient (Wildman–Crippen LogP) is 12.6. The molecule has 0 unspecified atom stereocenters. The maximum absolute atomic E-state index is 9.20. The fourth-order valence-electron chi connectivity index (χ4n) is 6.52. The highest BCUT2D eigenvalue weighted by Gasteiger charge is 2.21. The van der Waals surface area contributed by atoms with Crippen LogP contribution >= 0.6 is 0 Å². The Balaban J connectivity index is 1.46. The van der Waals surface area contributed by atoms with Gasteiger partial charge in [-0.1, -0.05) is 116 Å². The van der Waals surface area contributed by atoms with Crippen LogP contribution in [0.25, 0.3) is 65.9 Å². The van der Waals surface area contributed by atoms with Crippen LogP contribution in [0.15, 0.2) is 95.5 Å². The van der Waals surface area contributed by atoms with Crippen molar-refractivity contribution >= 4 is 43.5 Å². The Morgan fingerprint density at radius 1 is 0.667 bits per heavy atom. The lowest BCUT2D eigenvalue weighted by atomic mass is 9.82. The van der Waals surface area contributed by atoms with Gasteiger partial charge in [0, 0.05) is 32.0 Å². The molecule has 0 fully saturated rings. The fraction of sp³-hybridized carbons (Fsp3) is 0.279. The van der Waals surface area contributed by atoms with Gasteiger partial charge in [0.2, 0.25) is 0 Å². The minimum atomic E-state index is -2.41. The lowest BCUT2D eigenvalue weighted by Gasteiger charge is -2.23. The van der Waals surface area contributed by atoms with Gasteiger partial charge in [0.15, 0.2) is 0 Å². The molecule has 0 bridgehead atoms. The van der Waals surface area contributed by atoms with Crippen molar-refractivity contribution in [1.29, 1.82) is 0 Å². The number of hydrogen-bond donors (Lipinski definition) is 0. The van der Waals surface area contributed by atoms with Gasteiger partial charge in [0.1, 0.15) is 11.2 Å². The molecule has 2 nitrogen and oxygen atoms in total. The van der Waals surface area contributed by atoms with Gasteiger partial charge in [-0.3, -0.25) is 4.98 Å². The van der Waals surface area contributed by atoms with E-state index in [4.69, 9.17) is 13.5 Å². The molecule has 0 amide bonds. The second-order valence-electron chi connectivity index (χ2n) is 14.8. The first kappa shape index (κ1) is 24.8. The molecule has 0 N–H and O–H groups in total. The molecule has 0 aliphatic heterocycles. The Bertz CT molecular complexity index is 2430. The summed E-state index contributed by atoms with van der Waals surface area (Å²) in [5.74, 6) is 0.0747. The summed E-state index contributed by atoms with van der Waals surface area (Å²) < 4.78 is 41.2. The first-order valence-electron chi connectivity index (χ1n) is 17.9. The van der Waals surface area contributed by atoms with Crippen LogP contribution in [0.2, 0.25) is 0 Å². The number of rotatable bonds is 3. The van der Waals surface area contributed by atoms with Crippen molar-refractivity contribution in [3.05, 3.63) is 113 Å². The van der Waals surface area contributed by atoms with E-state index in [-0.39, 0.29) is 22.3 Å². The molecule has 7 aromatic rings. The maximum Gasteiger partial charge on any atom is 0.144 e. The smallest absolute Gasteiger partial charge is 0.144 e. The average Bonchev–Trinajstić information content (AvgIpc) is 3.41. The van der Waals surface area contributed by atoms with E-state index in [9.17, 15) is 1.37 Å². The third kappa shape index (κ3) is 4.92. The van der Waals surface area contributed by atoms with E-state index in [1.54, 1.807) is 0 Å². The Kier molecular flexibility index (Phi) is 5.69. The third-order valence-corrected chi connectivity index (χ3v) is 9.25. The molecule has 226 valence electrons. The molecule has 0 aliphatic carbocycles. The van der Waals surface area contributed by atoms with Crippen molar-refractivity contribution in [3.63, 3.8) is 0 Å². The van der Waals surface area contributed by atoms with E-state index in [0.717, 1.165) is 43.8 Å². The molecule has 2 heterocycles. The van der Waals surface area contributed by atoms with Gasteiger partial charge in [-0.2, -0.15) is 0 Å². The summed E-state index contributed by atoms with van der Waals surface area (Å²) in [6.07, 6.45) is 1.47. The SMILES string of the molecule is [2H]c1cc(C(C)(C)C)cc(C(C)C)c1-c1cc(-c2cccc3c2oc2c3ccc3c4ccc(C(C)(C)C)cc4ccc32)ncc1C([2H])([2H])[2H]. The van der Waals surface area contributed by atoms with Crippen molar-refractivity contribution < 1.29 is 9.90 Å². The monoisotopic (exact) mass is 593 g/mol.